The van der Waals surface area contributed by atoms with E-state index in [-0.39, 0.29) is 6.61 Å². The SMILES string of the molecule is C[C@]1(O)[C@H](O)[C@@H](CO)O[C@H]1n1cc2c3c(ncnc31)NC=CC2. The molecule has 23 heavy (non-hydrogen) atoms. The van der Waals surface area contributed by atoms with E-state index in [1.165, 1.54) is 13.3 Å². The van der Waals surface area contributed by atoms with E-state index in [4.69, 9.17) is 4.74 Å². The van der Waals surface area contributed by atoms with Crippen molar-refractivity contribution in [2.45, 2.75) is 37.4 Å². The number of anilines is 1. The van der Waals surface area contributed by atoms with Gasteiger partial charge in [0.1, 0.15) is 35.6 Å². The first kappa shape index (κ1) is 14.6. The van der Waals surface area contributed by atoms with Crippen LogP contribution >= 0.6 is 0 Å². The number of allylic oxidation sites excluding steroid dienone is 1. The fourth-order valence-electron chi connectivity index (χ4n) is 3.32. The van der Waals surface area contributed by atoms with Gasteiger partial charge in [0.05, 0.1) is 12.0 Å². The van der Waals surface area contributed by atoms with E-state index in [9.17, 15) is 15.3 Å². The third kappa shape index (κ3) is 1.99. The Morgan fingerprint density at radius 3 is 3.04 bits per heavy atom. The molecular weight excluding hydrogens is 300 g/mol. The Morgan fingerprint density at radius 1 is 1.48 bits per heavy atom. The van der Waals surface area contributed by atoms with E-state index >= 15 is 0 Å². The fourth-order valence-corrected chi connectivity index (χ4v) is 3.32. The summed E-state index contributed by atoms with van der Waals surface area (Å²) in [4.78, 5) is 8.56. The molecule has 0 aliphatic carbocycles. The monoisotopic (exact) mass is 318 g/mol. The molecule has 0 unspecified atom stereocenters. The van der Waals surface area contributed by atoms with Crippen LogP contribution in [0.1, 0.15) is 18.7 Å². The highest BCUT2D eigenvalue weighted by Gasteiger charge is 2.53. The minimum atomic E-state index is -1.55. The van der Waals surface area contributed by atoms with Gasteiger partial charge in [-0.2, -0.15) is 0 Å². The average molecular weight is 318 g/mol. The summed E-state index contributed by atoms with van der Waals surface area (Å²) in [5, 5.41) is 34.2. The van der Waals surface area contributed by atoms with Gasteiger partial charge in [-0.3, -0.25) is 0 Å². The minimum Gasteiger partial charge on any atom is -0.394 e. The van der Waals surface area contributed by atoms with Gasteiger partial charge in [-0.25, -0.2) is 9.97 Å². The summed E-state index contributed by atoms with van der Waals surface area (Å²) >= 11 is 0. The van der Waals surface area contributed by atoms with Crippen LogP contribution in [0.5, 0.6) is 0 Å². The van der Waals surface area contributed by atoms with Crippen molar-refractivity contribution >= 4 is 16.9 Å². The highest BCUT2D eigenvalue weighted by atomic mass is 16.6. The molecule has 2 aliphatic heterocycles. The first-order valence-electron chi connectivity index (χ1n) is 7.46. The number of aliphatic hydroxyl groups is 3. The number of aliphatic hydroxyl groups excluding tert-OH is 2. The maximum absolute atomic E-state index is 10.7. The molecule has 122 valence electrons. The summed E-state index contributed by atoms with van der Waals surface area (Å²) in [6.45, 7) is 1.13. The Bertz CT molecular complexity index is 785. The van der Waals surface area contributed by atoms with Crippen molar-refractivity contribution < 1.29 is 20.1 Å². The van der Waals surface area contributed by atoms with Crippen molar-refractivity contribution in [2.75, 3.05) is 11.9 Å². The molecule has 8 heteroatoms. The van der Waals surface area contributed by atoms with Gasteiger partial charge in [0.2, 0.25) is 0 Å². The van der Waals surface area contributed by atoms with Crippen LogP contribution in [0.4, 0.5) is 5.82 Å². The smallest absolute Gasteiger partial charge is 0.167 e. The number of ether oxygens (including phenoxy) is 1. The van der Waals surface area contributed by atoms with Gasteiger partial charge < -0.3 is 29.9 Å². The molecule has 0 radical (unpaired) electrons. The van der Waals surface area contributed by atoms with Crippen molar-refractivity contribution in [3.63, 3.8) is 0 Å². The summed E-state index contributed by atoms with van der Waals surface area (Å²) in [5.74, 6) is 0.689. The van der Waals surface area contributed by atoms with Crippen molar-refractivity contribution in [3.05, 3.63) is 30.4 Å². The van der Waals surface area contributed by atoms with Crippen molar-refractivity contribution in [1.29, 1.82) is 0 Å². The molecule has 4 heterocycles. The second-order valence-electron chi connectivity index (χ2n) is 6.11. The molecule has 0 spiro atoms. The van der Waals surface area contributed by atoms with Crippen molar-refractivity contribution in [3.8, 4) is 0 Å². The van der Waals surface area contributed by atoms with Crippen LogP contribution in [0.25, 0.3) is 11.0 Å². The minimum absolute atomic E-state index is 0.371. The molecule has 0 aromatic carbocycles. The topological polar surface area (TPSA) is 113 Å². The zero-order valence-electron chi connectivity index (χ0n) is 12.5. The predicted molar refractivity (Wildman–Crippen MR) is 81.6 cm³/mol. The molecule has 4 atom stereocenters. The molecular formula is C15H18N4O4. The number of hydrogen-bond donors (Lipinski definition) is 4. The lowest BCUT2D eigenvalue weighted by Gasteiger charge is -2.27. The summed E-state index contributed by atoms with van der Waals surface area (Å²) < 4.78 is 7.40. The van der Waals surface area contributed by atoms with Gasteiger partial charge in [0.15, 0.2) is 6.23 Å². The van der Waals surface area contributed by atoms with Crippen LogP contribution in [-0.2, 0) is 11.2 Å². The van der Waals surface area contributed by atoms with E-state index in [1.807, 2.05) is 18.5 Å². The van der Waals surface area contributed by atoms with Crippen molar-refractivity contribution in [1.82, 2.24) is 14.5 Å². The first-order valence-corrected chi connectivity index (χ1v) is 7.46. The quantitative estimate of drug-likeness (QED) is 0.612. The molecule has 2 aliphatic rings. The summed E-state index contributed by atoms with van der Waals surface area (Å²) in [6.07, 6.45) is 4.91. The Hall–Kier alpha value is -2.00. The molecule has 0 bridgehead atoms. The Kier molecular flexibility index (Phi) is 3.17. The van der Waals surface area contributed by atoms with Gasteiger partial charge in [0, 0.05) is 6.20 Å². The second-order valence-corrected chi connectivity index (χ2v) is 6.11. The van der Waals surface area contributed by atoms with E-state index in [0.29, 0.717) is 17.9 Å². The number of hydrogen-bond acceptors (Lipinski definition) is 7. The molecule has 8 nitrogen and oxygen atoms in total. The van der Waals surface area contributed by atoms with E-state index in [1.54, 1.807) is 4.57 Å². The Balaban J connectivity index is 1.88. The summed E-state index contributed by atoms with van der Waals surface area (Å²) in [5.41, 5.74) is 0.0604. The molecule has 2 aromatic rings. The Morgan fingerprint density at radius 2 is 2.30 bits per heavy atom. The normalized spacial score (nSPS) is 33.0. The predicted octanol–water partition coefficient (Wildman–Crippen LogP) is -0.0854. The van der Waals surface area contributed by atoms with Gasteiger partial charge in [-0.1, -0.05) is 6.08 Å². The largest absolute Gasteiger partial charge is 0.394 e. The lowest BCUT2D eigenvalue weighted by Crippen LogP contribution is -2.44. The maximum Gasteiger partial charge on any atom is 0.167 e. The van der Waals surface area contributed by atoms with Crippen LogP contribution in [0.15, 0.2) is 24.8 Å². The zero-order chi connectivity index (χ0) is 16.2. The Labute approximate surface area is 132 Å². The van der Waals surface area contributed by atoms with E-state index < -0.39 is 24.0 Å². The summed E-state index contributed by atoms with van der Waals surface area (Å²) in [7, 11) is 0. The second kappa shape index (κ2) is 5.00. The van der Waals surface area contributed by atoms with Gasteiger partial charge >= 0.3 is 0 Å². The third-order valence-electron chi connectivity index (χ3n) is 4.55. The first-order chi connectivity index (χ1) is 11.0. The van der Waals surface area contributed by atoms with Gasteiger partial charge in [0.25, 0.3) is 0 Å². The maximum atomic E-state index is 10.7. The average Bonchev–Trinajstić information content (AvgIpc) is 2.90. The van der Waals surface area contributed by atoms with Crippen LogP contribution in [0.3, 0.4) is 0 Å². The van der Waals surface area contributed by atoms with Crippen LogP contribution < -0.4 is 5.32 Å². The molecule has 1 fully saturated rings. The molecule has 2 aromatic heterocycles. The fraction of sp³-hybridized carbons (Fsp3) is 0.467. The number of rotatable bonds is 2. The molecule has 4 N–H and O–H groups in total. The molecule has 1 saturated heterocycles. The molecule has 0 amide bonds. The van der Waals surface area contributed by atoms with Gasteiger partial charge in [-0.15, -0.1) is 0 Å². The molecule has 4 rings (SSSR count). The van der Waals surface area contributed by atoms with Crippen LogP contribution in [0, 0.1) is 0 Å². The van der Waals surface area contributed by atoms with Crippen LogP contribution in [-0.4, -0.2) is 54.3 Å². The lowest BCUT2D eigenvalue weighted by molar-refractivity contribution is -0.0948. The lowest BCUT2D eigenvalue weighted by atomic mass is 9.96. The molecule has 0 saturated carbocycles. The highest BCUT2D eigenvalue weighted by Crippen LogP contribution is 2.41. The third-order valence-corrected chi connectivity index (χ3v) is 4.55. The van der Waals surface area contributed by atoms with Crippen LogP contribution in [0.2, 0.25) is 0 Å². The summed E-state index contributed by atoms with van der Waals surface area (Å²) in [6, 6.07) is 0. The van der Waals surface area contributed by atoms with Crippen molar-refractivity contribution in [2.24, 2.45) is 0 Å². The number of nitrogens with one attached hydrogen (secondary N) is 1. The standard InChI is InChI=1S/C15H18N4O4/c1-15(22)11(21)9(6-20)23-14(15)19-5-8-3-2-4-16-12-10(8)13(19)18-7-17-12/h2,4-5,7,9,11,14,20-22H,3,6H2,1H3,(H,16,17,18)/t9-,11-,14-,15+/m1/s1. The van der Waals surface area contributed by atoms with E-state index in [0.717, 1.165) is 10.9 Å². The van der Waals surface area contributed by atoms with E-state index in [2.05, 4.69) is 15.3 Å². The number of nitrogens with zero attached hydrogens (tertiary/aromatic N) is 3. The van der Waals surface area contributed by atoms with Gasteiger partial charge in [-0.05, 0) is 25.1 Å². The highest BCUT2D eigenvalue weighted by molar-refractivity contribution is 5.92. The zero-order valence-corrected chi connectivity index (χ0v) is 12.5. The number of aromatic nitrogens is 3.